The Bertz CT molecular complexity index is 2220. The molecule has 186 valence electrons. The van der Waals surface area contributed by atoms with Crippen LogP contribution >= 0.6 is 0 Å². The highest BCUT2D eigenvalue weighted by Gasteiger charge is 2.18. The summed E-state index contributed by atoms with van der Waals surface area (Å²) in [5.41, 5.74) is 0.703. The predicted molar refractivity (Wildman–Crippen MR) is 145 cm³/mol. The largest absolute Gasteiger partial charge is 0.506 e. The van der Waals surface area contributed by atoms with Crippen LogP contribution in [-0.4, -0.2) is 23.1 Å². The van der Waals surface area contributed by atoms with Crippen LogP contribution in [0.25, 0.3) is 27.4 Å². The van der Waals surface area contributed by atoms with E-state index in [4.69, 9.17) is 0 Å². The minimum absolute atomic E-state index is 0.000412. The molecule has 4 aromatic rings. The van der Waals surface area contributed by atoms with E-state index in [0.29, 0.717) is 43.7 Å². The molecule has 0 atom stereocenters. The highest BCUT2D eigenvalue weighted by molar-refractivity contribution is 7.85. The first-order valence-electron chi connectivity index (χ1n) is 11.5. The Morgan fingerprint density at radius 2 is 1.42 bits per heavy atom. The molecule has 6 rings (SSSR count). The number of aliphatic hydroxyl groups is 1. The van der Waals surface area contributed by atoms with Crippen LogP contribution in [0.5, 0.6) is 0 Å². The van der Waals surface area contributed by atoms with Crippen molar-refractivity contribution in [2.75, 3.05) is 5.32 Å². The fraction of sp³-hybridized carbons (Fsp3) is 0. The fourth-order valence-corrected chi connectivity index (χ4v) is 5.28. The first-order chi connectivity index (χ1) is 18.2. The molecular formula is C29H18N2O6S. The van der Waals surface area contributed by atoms with Crippen molar-refractivity contribution in [3.8, 4) is 0 Å². The number of nitrogens with zero attached hydrogens (tertiary/aromatic N) is 1. The molecule has 0 aromatic heterocycles. The Kier molecular flexibility index (Phi) is 5.34. The summed E-state index contributed by atoms with van der Waals surface area (Å²) >= 11 is 0. The summed E-state index contributed by atoms with van der Waals surface area (Å²) in [4.78, 5) is 31.0. The Labute approximate surface area is 214 Å². The van der Waals surface area contributed by atoms with Crippen molar-refractivity contribution in [3.05, 3.63) is 133 Å². The lowest BCUT2D eigenvalue weighted by Gasteiger charge is -2.13. The third-order valence-electron chi connectivity index (χ3n) is 6.50. The van der Waals surface area contributed by atoms with Gasteiger partial charge in [0.25, 0.3) is 15.7 Å². The van der Waals surface area contributed by atoms with Crippen molar-refractivity contribution in [1.29, 1.82) is 0 Å². The number of hydrogen-bond acceptors (Lipinski definition) is 7. The molecule has 1 aliphatic carbocycles. The molecule has 0 saturated heterocycles. The van der Waals surface area contributed by atoms with E-state index >= 15 is 0 Å². The Morgan fingerprint density at radius 3 is 2.11 bits per heavy atom. The molecular weight excluding hydrogens is 504 g/mol. The van der Waals surface area contributed by atoms with Gasteiger partial charge in [0.15, 0.2) is 5.43 Å². The number of aromatic nitrogens is 1. The summed E-state index contributed by atoms with van der Waals surface area (Å²) in [5, 5.41) is 16.4. The van der Waals surface area contributed by atoms with Gasteiger partial charge in [-0.15, -0.1) is 0 Å². The Balaban J connectivity index is 1.76. The number of rotatable bonds is 4. The van der Waals surface area contributed by atoms with Gasteiger partial charge in [-0.25, -0.2) is 4.98 Å². The monoisotopic (exact) mass is 522 g/mol. The normalized spacial score (nSPS) is 12.8. The molecule has 0 radical (unpaired) electrons. The molecule has 8 nitrogen and oxygen atoms in total. The van der Waals surface area contributed by atoms with Gasteiger partial charge in [0, 0.05) is 27.1 Å². The van der Waals surface area contributed by atoms with Crippen LogP contribution in [0.1, 0.15) is 5.56 Å². The maximum Gasteiger partial charge on any atom is 0.294 e. The van der Waals surface area contributed by atoms with Crippen LogP contribution in [0, 0.1) is 10.4 Å². The van der Waals surface area contributed by atoms with Crippen molar-refractivity contribution in [2.24, 2.45) is 0 Å². The third kappa shape index (κ3) is 3.73. The molecule has 0 unspecified atom stereocenters. The average Bonchev–Trinajstić information content (AvgIpc) is 2.92. The smallest absolute Gasteiger partial charge is 0.294 e. The van der Waals surface area contributed by atoms with Crippen molar-refractivity contribution >= 4 is 48.9 Å². The summed E-state index contributed by atoms with van der Waals surface area (Å²) < 4.78 is 32.1. The molecule has 2 aliphatic rings. The van der Waals surface area contributed by atoms with Crippen LogP contribution in [0.4, 0.5) is 11.4 Å². The molecule has 0 amide bonds. The number of benzene rings is 4. The molecule has 1 aliphatic heterocycles. The summed E-state index contributed by atoms with van der Waals surface area (Å²) in [5.74, 6) is -0.241. The first kappa shape index (κ1) is 23.5. The zero-order chi connectivity index (χ0) is 26.6. The Morgan fingerprint density at radius 1 is 0.763 bits per heavy atom. The van der Waals surface area contributed by atoms with Gasteiger partial charge < -0.3 is 10.4 Å². The van der Waals surface area contributed by atoms with E-state index in [9.17, 15) is 27.7 Å². The lowest BCUT2D eigenvalue weighted by atomic mass is 9.96. The minimum Gasteiger partial charge on any atom is -0.506 e. The molecule has 0 spiro atoms. The standard InChI is InChI=1S/C29H18N2O6S/c32-27(16-6-2-1-3-7-16)26-23-19-8-4-5-9-20(19)28(33)25-22(15-14-21(24(23)25)31-29(26)34)30-17-10-12-18(13-11-17)38(35,36)37/h1-15,30,32H,(H,35,36,37)/b27-26-. The topological polar surface area (TPSA) is 134 Å². The van der Waals surface area contributed by atoms with Gasteiger partial charge >= 0.3 is 0 Å². The predicted octanol–water partition coefficient (Wildman–Crippen LogP) is 3.69. The van der Waals surface area contributed by atoms with E-state index in [1.54, 1.807) is 66.7 Å². The maximum absolute atomic E-state index is 13.8. The van der Waals surface area contributed by atoms with Gasteiger partial charge in [-0.05, 0) is 41.8 Å². The van der Waals surface area contributed by atoms with E-state index < -0.39 is 15.7 Å². The second-order valence-corrected chi connectivity index (χ2v) is 10.2. The highest BCUT2D eigenvalue weighted by atomic mass is 32.2. The van der Waals surface area contributed by atoms with Gasteiger partial charge in [-0.1, -0.05) is 54.6 Å². The molecule has 3 N–H and O–H groups in total. The van der Waals surface area contributed by atoms with Gasteiger partial charge in [-0.2, -0.15) is 8.42 Å². The highest BCUT2D eigenvalue weighted by Crippen LogP contribution is 2.27. The second kappa shape index (κ2) is 8.62. The quantitative estimate of drug-likeness (QED) is 0.299. The van der Waals surface area contributed by atoms with Crippen LogP contribution in [-0.2, 0) is 10.1 Å². The van der Waals surface area contributed by atoms with E-state index in [2.05, 4.69) is 10.3 Å². The molecule has 9 heteroatoms. The molecule has 4 aromatic carbocycles. The molecule has 0 saturated carbocycles. The van der Waals surface area contributed by atoms with Gasteiger partial charge in [0.05, 0.1) is 26.7 Å². The van der Waals surface area contributed by atoms with Gasteiger partial charge in [0.2, 0.25) is 0 Å². The lowest BCUT2D eigenvalue weighted by molar-refractivity contribution is 0.483. The summed E-state index contributed by atoms with van der Waals surface area (Å²) in [6.07, 6.45) is 0. The number of hydrogen-bond donors (Lipinski definition) is 3. The SMILES string of the molecule is O=c1nc2ccc(Nc3ccc(S(=O)(=O)O)cc3)c3c2=c(/c1=C(/O)c1ccccc1)c1ccccc1c3=O. The number of anilines is 2. The van der Waals surface area contributed by atoms with Crippen molar-refractivity contribution in [2.45, 2.75) is 4.90 Å². The zero-order valence-electron chi connectivity index (χ0n) is 19.5. The van der Waals surface area contributed by atoms with Crippen LogP contribution in [0.3, 0.4) is 0 Å². The molecule has 0 fully saturated rings. The number of nitrogens with one attached hydrogen (secondary N) is 1. The summed E-state index contributed by atoms with van der Waals surface area (Å²) in [6.45, 7) is 0. The first-order valence-corrected chi connectivity index (χ1v) is 13.0. The van der Waals surface area contributed by atoms with E-state index in [-0.39, 0.29) is 26.7 Å². The molecule has 0 bridgehead atoms. The van der Waals surface area contributed by atoms with Crippen molar-refractivity contribution in [1.82, 2.24) is 4.98 Å². The minimum atomic E-state index is -4.36. The zero-order valence-corrected chi connectivity index (χ0v) is 20.4. The lowest BCUT2D eigenvalue weighted by Crippen LogP contribution is -2.33. The van der Waals surface area contributed by atoms with Gasteiger partial charge in [-0.3, -0.25) is 14.1 Å². The van der Waals surface area contributed by atoms with Crippen molar-refractivity contribution < 1.29 is 18.1 Å². The third-order valence-corrected chi connectivity index (χ3v) is 7.37. The Hall–Kier alpha value is -4.86. The molecule has 1 heterocycles. The fourth-order valence-electron chi connectivity index (χ4n) is 4.80. The second-order valence-electron chi connectivity index (χ2n) is 8.76. The van der Waals surface area contributed by atoms with Crippen LogP contribution in [0.15, 0.2) is 105 Å². The molecule has 38 heavy (non-hydrogen) atoms. The van der Waals surface area contributed by atoms with Gasteiger partial charge in [0.1, 0.15) is 5.76 Å². The summed E-state index contributed by atoms with van der Waals surface area (Å²) in [6, 6.07) is 24.2. The van der Waals surface area contributed by atoms with E-state index in [1.807, 2.05) is 0 Å². The number of aliphatic hydroxyl groups excluding tert-OH is 1. The maximum atomic E-state index is 13.8. The number of fused-ring (bicyclic) bond motifs is 2. The average molecular weight is 523 g/mol. The van der Waals surface area contributed by atoms with E-state index in [0.717, 1.165) is 0 Å². The van der Waals surface area contributed by atoms with Crippen molar-refractivity contribution in [3.63, 3.8) is 0 Å². The summed E-state index contributed by atoms with van der Waals surface area (Å²) in [7, 11) is -4.36. The van der Waals surface area contributed by atoms with Crippen LogP contribution < -0.4 is 21.5 Å². The van der Waals surface area contributed by atoms with Crippen LogP contribution in [0.2, 0.25) is 0 Å². The van der Waals surface area contributed by atoms with E-state index in [1.165, 1.54) is 24.3 Å².